The number of methoxy groups -OCH3 is 1. The molecule has 1 aliphatic rings. The molecular weight excluding hydrogens is 488 g/mol. The number of aliphatic carboxylic acids is 1. The second kappa shape index (κ2) is 11.5. The number of benzene rings is 3. The predicted octanol–water partition coefficient (Wildman–Crippen LogP) is 3.17. The number of hydrogen-bond acceptors (Lipinski definition) is 7. The molecule has 3 aromatic carbocycles. The number of ether oxygens (including phenoxy) is 2. The molecule has 3 aromatic rings. The van der Waals surface area contributed by atoms with Crippen molar-refractivity contribution >= 4 is 29.3 Å². The summed E-state index contributed by atoms with van der Waals surface area (Å²) in [5.41, 5.74) is 8.05. The van der Waals surface area contributed by atoms with E-state index in [9.17, 15) is 19.5 Å². The summed E-state index contributed by atoms with van der Waals surface area (Å²) >= 11 is 0. The molecule has 2 amide bonds. The fraction of sp³-hybridized carbons (Fsp3) is 0.214. The van der Waals surface area contributed by atoms with Gasteiger partial charge in [0.1, 0.15) is 24.4 Å². The van der Waals surface area contributed by atoms with E-state index in [1.54, 1.807) is 42.5 Å². The molecule has 0 aliphatic carbocycles. The molecule has 2 atom stereocenters. The molecule has 1 fully saturated rings. The van der Waals surface area contributed by atoms with E-state index in [1.807, 2.05) is 30.3 Å². The second-order valence-corrected chi connectivity index (χ2v) is 8.76. The van der Waals surface area contributed by atoms with Crippen LogP contribution in [-0.4, -0.2) is 47.3 Å². The van der Waals surface area contributed by atoms with Gasteiger partial charge in [0, 0.05) is 17.8 Å². The maximum atomic E-state index is 13.6. The molecule has 1 aliphatic heterocycles. The van der Waals surface area contributed by atoms with Crippen LogP contribution in [0.3, 0.4) is 0 Å². The Balaban J connectivity index is 1.64. The molecule has 196 valence electrons. The van der Waals surface area contributed by atoms with Gasteiger partial charge in [0.15, 0.2) is 11.5 Å². The number of hydrogen-bond donors (Lipinski definition) is 4. The highest BCUT2D eigenvalue weighted by Gasteiger charge is 2.42. The van der Waals surface area contributed by atoms with E-state index < -0.39 is 29.7 Å². The highest BCUT2D eigenvalue weighted by atomic mass is 16.5. The summed E-state index contributed by atoms with van der Waals surface area (Å²) in [4.78, 5) is 38.8. The Morgan fingerprint density at radius 3 is 2.42 bits per heavy atom. The first-order valence-electron chi connectivity index (χ1n) is 11.9. The van der Waals surface area contributed by atoms with Gasteiger partial charge in [0.2, 0.25) is 5.91 Å². The maximum absolute atomic E-state index is 13.6. The number of carbonyl (C=O) groups is 3. The largest absolute Gasteiger partial charge is 0.493 e. The molecule has 0 aromatic heterocycles. The van der Waals surface area contributed by atoms with E-state index in [0.717, 1.165) is 10.5 Å². The van der Waals surface area contributed by atoms with Crippen LogP contribution in [0.2, 0.25) is 0 Å². The summed E-state index contributed by atoms with van der Waals surface area (Å²) in [6, 6.07) is 20.2. The van der Waals surface area contributed by atoms with Crippen molar-refractivity contribution in [2.24, 2.45) is 11.7 Å². The Morgan fingerprint density at radius 1 is 1.11 bits per heavy atom. The molecule has 2 unspecified atom stereocenters. The van der Waals surface area contributed by atoms with Gasteiger partial charge in [-0.05, 0) is 53.9 Å². The second-order valence-electron chi connectivity index (χ2n) is 8.76. The van der Waals surface area contributed by atoms with Gasteiger partial charge in [-0.1, -0.05) is 36.4 Å². The van der Waals surface area contributed by atoms with Crippen LogP contribution in [-0.2, 0) is 21.0 Å². The summed E-state index contributed by atoms with van der Waals surface area (Å²) in [6.45, 7) is 0.323. The number of rotatable bonds is 10. The van der Waals surface area contributed by atoms with Crippen LogP contribution in [0.15, 0.2) is 72.8 Å². The summed E-state index contributed by atoms with van der Waals surface area (Å²) in [7, 11) is 1.49. The normalized spacial score (nSPS) is 15.6. The Morgan fingerprint density at radius 2 is 1.82 bits per heavy atom. The number of nitrogens with two attached hydrogens (primary N) is 1. The quantitative estimate of drug-likeness (QED) is 0.182. The van der Waals surface area contributed by atoms with Crippen LogP contribution >= 0.6 is 0 Å². The number of amidine groups is 1. The van der Waals surface area contributed by atoms with Crippen molar-refractivity contribution in [3.8, 4) is 11.5 Å². The zero-order valence-corrected chi connectivity index (χ0v) is 20.7. The van der Waals surface area contributed by atoms with Gasteiger partial charge in [-0.25, -0.2) is 0 Å². The van der Waals surface area contributed by atoms with Gasteiger partial charge in [0.25, 0.3) is 5.91 Å². The number of carbonyl (C=O) groups excluding carboxylic acids is 2. The summed E-state index contributed by atoms with van der Waals surface area (Å²) in [5, 5.41) is 20.1. The van der Waals surface area contributed by atoms with Crippen molar-refractivity contribution < 1.29 is 29.0 Å². The standard InChI is InChI=1S/C28H28N4O6/c1-37-23-15-19(9-12-22(23)38-16-17-5-3-2-4-6-17)24(31-20-10-7-18(8-11-20)25(29)30)27(34)32-14-13-21(26(32)33)28(35)36/h2-12,15,21,24,31H,13-14,16H2,1H3,(H3,29,30)(H,35,36). The molecule has 10 nitrogen and oxygen atoms in total. The maximum Gasteiger partial charge on any atom is 0.316 e. The van der Waals surface area contributed by atoms with E-state index in [-0.39, 0.29) is 18.8 Å². The van der Waals surface area contributed by atoms with Crippen LogP contribution < -0.4 is 20.5 Å². The molecule has 5 N–H and O–H groups in total. The molecule has 38 heavy (non-hydrogen) atoms. The van der Waals surface area contributed by atoms with E-state index in [2.05, 4.69) is 5.32 Å². The monoisotopic (exact) mass is 516 g/mol. The van der Waals surface area contributed by atoms with Crippen LogP contribution in [0.5, 0.6) is 11.5 Å². The van der Waals surface area contributed by atoms with E-state index in [0.29, 0.717) is 34.9 Å². The molecule has 1 heterocycles. The SMILES string of the molecule is COc1cc(C(Nc2ccc(C(=N)N)cc2)C(=O)N2CCC(C(=O)O)C2=O)ccc1OCc1ccccc1. The first-order chi connectivity index (χ1) is 18.3. The highest BCUT2D eigenvalue weighted by molar-refractivity contribution is 6.08. The minimum atomic E-state index is -1.25. The number of amides is 2. The van der Waals surface area contributed by atoms with Crippen molar-refractivity contribution in [2.45, 2.75) is 19.1 Å². The molecule has 4 rings (SSSR count). The van der Waals surface area contributed by atoms with Crippen molar-refractivity contribution in [1.82, 2.24) is 4.90 Å². The van der Waals surface area contributed by atoms with Crippen molar-refractivity contribution in [1.29, 1.82) is 5.41 Å². The molecule has 10 heteroatoms. The lowest BCUT2D eigenvalue weighted by atomic mass is 10.0. The first-order valence-corrected chi connectivity index (χ1v) is 11.9. The molecular formula is C28H28N4O6. The third kappa shape index (κ3) is 5.75. The highest BCUT2D eigenvalue weighted by Crippen LogP contribution is 2.34. The van der Waals surface area contributed by atoms with Gasteiger partial charge in [-0.15, -0.1) is 0 Å². The van der Waals surface area contributed by atoms with Crippen LogP contribution in [0, 0.1) is 11.3 Å². The minimum Gasteiger partial charge on any atom is -0.493 e. The van der Waals surface area contributed by atoms with Gasteiger partial charge in [-0.3, -0.25) is 24.7 Å². The zero-order chi connectivity index (χ0) is 27.2. The van der Waals surface area contributed by atoms with Gasteiger partial charge >= 0.3 is 5.97 Å². The third-order valence-corrected chi connectivity index (χ3v) is 6.28. The number of carboxylic acids is 1. The average Bonchev–Trinajstić information content (AvgIpc) is 3.32. The third-order valence-electron chi connectivity index (χ3n) is 6.28. The van der Waals surface area contributed by atoms with Gasteiger partial charge < -0.3 is 25.6 Å². The number of carboxylic acid groups (broad SMARTS) is 1. The number of nitrogens with zero attached hydrogens (tertiary/aromatic N) is 1. The number of likely N-dealkylation sites (tertiary alicyclic amines) is 1. The van der Waals surface area contributed by atoms with Crippen LogP contribution in [0.25, 0.3) is 0 Å². The molecule has 0 radical (unpaired) electrons. The summed E-state index contributed by atoms with van der Waals surface area (Å²) in [6.07, 6.45) is 0.0511. The summed E-state index contributed by atoms with van der Waals surface area (Å²) in [5.74, 6) is -3.07. The lowest BCUT2D eigenvalue weighted by Crippen LogP contribution is -2.40. The fourth-order valence-electron chi connectivity index (χ4n) is 4.20. The van der Waals surface area contributed by atoms with Gasteiger partial charge in [0.05, 0.1) is 7.11 Å². The molecule has 0 bridgehead atoms. The summed E-state index contributed by atoms with van der Waals surface area (Å²) < 4.78 is 11.5. The lowest BCUT2D eigenvalue weighted by Gasteiger charge is -2.25. The van der Waals surface area contributed by atoms with Crippen LogP contribution in [0.1, 0.15) is 29.2 Å². The number of nitrogens with one attached hydrogen (secondary N) is 2. The zero-order valence-electron chi connectivity index (χ0n) is 20.7. The number of anilines is 1. The minimum absolute atomic E-state index is 0.00545. The van der Waals surface area contributed by atoms with E-state index >= 15 is 0 Å². The van der Waals surface area contributed by atoms with Gasteiger partial charge in [-0.2, -0.15) is 0 Å². The Bertz CT molecular complexity index is 1340. The van der Waals surface area contributed by atoms with Crippen molar-refractivity contribution in [3.63, 3.8) is 0 Å². The Labute approximate surface area is 219 Å². The fourth-order valence-corrected chi connectivity index (χ4v) is 4.20. The van der Waals surface area contributed by atoms with E-state index in [1.165, 1.54) is 7.11 Å². The average molecular weight is 517 g/mol. The smallest absolute Gasteiger partial charge is 0.316 e. The number of imide groups is 1. The van der Waals surface area contributed by atoms with E-state index in [4.69, 9.17) is 20.6 Å². The topological polar surface area (TPSA) is 155 Å². The van der Waals surface area contributed by atoms with Crippen molar-refractivity contribution in [2.75, 3.05) is 19.0 Å². The predicted molar refractivity (Wildman–Crippen MR) is 140 cm³/mol. The molecule has 1 saturated heterocycles. The molecule has 0 saturated carbocycles. The van der Waals surface area contributed by atoms with Crippen LogP contribution in [0.4, 0.5) is 5.69 Å². The Kier molecular flexibility index (Phi) is 7.91. The number of nitrogen functional groups attached to an aromatic ring is 1. The molecule has 0 spiro atoms. The Hall–Kier alpha value is -4.86. The van der Waals surface area contributed by atoms with Crippen molar-refractivity contribution in [3.05, 3.63) is 89.5 Å². The lowest BCUT2D eigenvalue weighted by molar-refractivity contribution is -0.150. The first kappa shape index (κ1) is 26.2.